The van der Waals surface area contributed by atoms with Gasteiger partial charge in [0, 0.05) is 0 Å². The second-order valence-corrected chi connectivity index (χ2v) is 4.37. The van der Waals surface area contributed by atoms with Crippen molar-refractivity contribution in [2.24, 2.45) is 0 Å². The van der Waals surface area contributed by atoms with Crippen LogP contribution in [0.1, 0.15) is 10.4 Å². The van der Waals surface area contributed by atoms with Crippen molar-refractivity contribution >= 4 is 63.3 Å². The Labute approximate surface area is 124 Å². The molecule has 0 heterocycles. The molecule has 1 aromatic carbocycles. The first-order chi connectivity index (χ1) is 6.65. The molecular formula is C9H12BFKNO2. The molecule has 0 bridgehead atoms. The van der Waals surface area contributed by atoms with E-state index in [-0.39, 0.29) is 57.4 Å². The Kier molecular flexibility index (Phi) is 7.46. The molecule has 1 rings (SSSR count). The van der Waals surface area contributed by atoms with Crippen molar-refractivity contribution in [3.63, 3.8) is 0 Å². The third kappa shape index (κ3) is 4.65. The molecule has 1 amide bonds. The normalized spacial score (nSPS) is 11.2. The molecule has 3 nitrogen and oxygen atoms in total. The Morgan fingerprint density at radius 2 is 2.13 bits per heavy atom. The van der Waals surface area contributed by atoms with E-state index in [0.29, 0.717) is 11.3 Å². The number of ether oxygens (including phenoxy) is 1. The maximum absolute atomic E-state index is 12.6. The van der Waals surface area contributed by atoms with Crippen molar-refractivity contribution in [1.82, 2.24) is 5.32 Å². The molecule has 0 aromatic heterocycles. The Bertz CT molecular complexity index is 336. The molecule has 0 fully saturated rings. The molecule has 1 N–H and O–H groups in total. The molecule has 0 aliphatic heterocycles. The van der Waals surface area contributed by atoms with Crippen molar-refractivity contribution in [2.75, 3.05) is 7.11 Å². The van der Waals surface area contributed by atoms with Crippen LogP contribution in [-0.4, -0.2) is 70.8 Å². The van der Waals surface area contributed by atoms with Gasteiger partial charge in [0.2, 0.25) is 0 Å². The average Bonchev–Trinajstić information content (AvgIpc) is 2.16. The number of carbonyl (C=O) groups excluding carboxylic acids is 1. The third-order valence-corrected chi connectivity index (χ3v) is 2.13. The molecule has 0 aliphatic rings. The number of rotatable bonds is 3. The fraction of sp³-hybridized carbons (Fsp3) is 0.222. The molecule has 15 heavy (non-hydrogen) atoms. The van der Waals surface area contributed by atoms with Crippen LogP contribution >= 0.6 is 0 Å². The zero-order valence-corrected chi connectivity index (χ0v) is 11.2. The predicted molar refractivity (Wildman–Crippen MR) is 61.0 cm³/mol. The minimum absolute atomic E-state index is 0. The van der Waals surface area contributed by atoms with Gasteiger partial charge in [-0.05, 0) is 0 Å². The summed E-state index contributed by atoms with van der Waals surface area (Å²) in [5.41, 5.74) is 0.363. The SMILES string of the molecule is B.COc1ccccc1C(=O)N[CH](F)[K]. The van der Waals surface area contributed by atoms with Crippen LogP contribution in [0.15, 0.2) is 24.3 Å². The summed E-state index contributed by atoms with van der Waals surface area (Å²) in [6.07, 6.45) is 0. The first kappa shape index (κ1) is 15.1. The molecule has 1 unspecified atom stereocenters. The van der Waals surface area contributed by atoms with Crippen LogP contribution in [0.4, 0.5) is 4.39 Å². The van der Waals surface area contributed by atoms with E-state index in [9.17, 15) is 9.18 Å². The second kappa shape index (κ2) is 7.40. The van der Waals surface area contributed by atoms with Crippen LogP contribution in [0.5, 0.6) is 5.75 Å². The molecule has 0 radical (unpaired) electrons. The van der Waals surface area contributed by atoms with E-state index in [2.05, 4.69) is 5.32 Å². The number of amides is 1. The molecule has 6 heteroatoms. The van der Waals surface area contributed by atoms with Crippen LogP contribution in [0.25, 0.3) is 0 Å². The van der Waals surface area contributed by atoms with Crippen LogP contribution < -0.4 is 10.1 Å². The van der Waals surface area contributed by atoms with Gasteiger partial charge in [0.15, 0.2) is 0 Å². The molecule has 1 atom stereocenters. The molecular weight excluding hydrogens is 223 g/mol. The summed E-state index contributed by atoms with van der Waals surface area (Å²) >= 11 is -0.0648. The van der Waals surface area contributed by atoms with Gasteiger partial charge in [-0.1, -0.05) is 0 Å². The number of methoxy groups -OCH3 is 1. The van der Waals surface area contributed by atoms with Crippen LogP contribution in [0.3, 0.4) is 0 Å². The van der Waals surface area contributed by atoms with Crippen molar-refractivity contribution in [1.29, 1.82) is 0 Å². The molecule has 0 spiro atoms. The van der Waals surface area contributed by atoms with E-state index < -0.39 is 6.30 Å². The van der Waals surface area contributed by atoms with Gasteiger partial charge in [-0.3, -0.25) is 0 Å². The van der Waals surface area contributed by atoms with Crippen molar-refractivity contribution in [3.8, 4) is 5.75 Å². The van der Waals surface area contributed by atoms with Crippen molar-refractivity contribution in [3.05, 3.63) is 29.8 Å². The van der Waals surface area contributed by atoms with E-state index in [1.165, 1.54) is 7.11 Å². The number of carbonyl (C=O) groups is 1. The summed E-state index contributed by atoms with van der Waals surface area (Å²) < 4.78 is 16.4. The number of hydrogen-bond donors (Lipinski definition) is 1. The van der Waals surface area contributed by atoms with Crippen LogP contribution in [0, 0.1) is 0 Å². The quantitative estimate of drug-likeness (QED) is 0.575. The summed E-state index contributed by atoms with van der Waals surface area (Å²) in [5, 5.41) is 2.23. The van der Waals surface area contributed by atoms with E-state index in [0.717, 1.165) is 0 Å². The molecule has 0 aliphatic carbocycles. The Hall–Kier alpha value is 0.121. The summed E-state index contributed by atoms with van der Waals surface area (Å²) in [6, 6.07) is 6.73. The van der Waals surface area contributed by atoms with Gasteiger partial charge in [-0.15, -0.1) is 0 Å². The summed E-state index contributed by atoms with van der Waals surface area (Å²) in [4.78, 5) is 11.4. The Balaban J connectivity index is 0.00000196. The summed E-state index contributed by atoms with van der Waals surface area (Å²) in [5.74, 6) is 0.0289. The predicted octanol–water partition coefficient (Wildman–Crippen LogP) is -0.337. The number of hydrogen-bond acceptors (Lipinski definition) is 2. The van der Waals surface area contributed by atoms with E-state index in [4.69, 9.17) is 4.74 Å². The Morgan fingerprint density at radius 3 is 2.67 bits per heavy atom. The third-order valence-electron chi connectivity index (χ3n) is 1.68. The molecule has 1 aromatic rings. The van der Waals surface area contributed by atoms with Crippen molar-refractivity contribution < 1.29 is 13.9 Å². The van der Waals surface area contributed by atoms with Crippen LogP contribution in [0.2, 0.25) is 0 Å². The number of halogens is 1. The fourth-order valence-corrected chi connectivity index (χ4v) is 1.50. The monoisotopic (exact) mass is 235 g/mol. The van der Waals surface area contributed by atoms with Crippen molar-refractivity contribution in [2.45, 2.75) is 0.390 Å². The average molecular weight is 235 g/mol. The minimum atomic E-state index is -1.18. The molecule has 0 saturated carbocycles. The topological polar surface area (TPSA) is 38.3 Å². The van der Waals surface area contributed by atoms with Gasteiger partial charge in [-0.2, -0.15) is 0 Å². The Morgan fingerprint density at radius 1 is 1.53 bits per heavy atom. The summed E-state index contributed by atoms with van der Waals surface area (Å²) in [6.45, 7) is 0. The number of benzene rings is 1. The number of nitrogens with one attached hydrogen (secondary N) is 1. The molecule has 76 valence electrons. The van der Waals surface area contributed by atoms with Gasteiger partial charge in [0.25, 0.3) is 0 Å². The van der Waals surface area contributed by atoms with Crippen LogP contribution in [-0.2, 0) is 0 Å². The fourth-order valence-electron chi connectivity index (χ4n) is 1.09. The van der Waals surface area contributed by atoms with E-state index in [1.54, 1.807) is 24.3 Å². The number of alkyl halides is 1. The van der Waals surface area contributed by atoms with Gasteiger partial charge in [-0.25, -0.2) is 0 Å². The van der Waals surface area contributed by atoms with Gasteiger partial charge < -0.3 is 0 Å². The van der Waals surface area contributed by atoms with E-state index in [1.807, 2.05) is 0 Å². The van der Waals surface area contributed by atoms with Gasteiger partial charge >= 0.3 is 117 Å². The zero-order valence-electron chi connectivity index (χ0n) is 8.08. The number of para-hydroxylation sites is 1. The van der Waals surface area contributed by atoms with Gasteiger partial charge in [0.1, 0.15) is 0 Å². The first-order valence-corrected chi connectivity index (χ1v) is 6.03. The zero-order chi connectivity index (χ0) is 10.6. The molecule has 0 saturated heterocycles. The second-order valence-electron chi connectivity index (χ2n) is 2.79. The first-order valence-electron chi connectivity index (χ1n) is 4.23. The maximum atomic E-state index is 12.6. The van der Waals surface area contributed by atoms with E-state index >= 15 is 0 Å². The standard InChI is InChI=1S/C9H9FNO2.BH3.K/c1-13-8-5-3-2-4-7(8)9(12)11-6-10;;/h2-6H,1H3,(H,11,12);1H3;. The summed E-state index contributed by atoms with van der Waals surface area (Å²) in [7, 11) is 1.48. The van der Waals surface area contributed by atoms with Gasteiger partial charge in [0.05, 0.1) is 8.41 Å².